The van der Waals surface area contributed by atoms with Crippen LogP contribution >= 0.6 is 0 Å². The van der Waals surface area contributed by atoms with E-state index in [4.69, 9.17) is 11.0 Å². The number of nitrogens with two attached hydrogens (primary N) is 1. The summed E-state index contributed by atoms with van der Waals surface area (Å²) in [4.78, 5) is 1.72. The number of hydrogen-bond acceptors (Lipinski definition) is 3. The van der Waals surface area contributed by atoms with Crippen molar-refractivity contribution in [3.63, 3.8) is 0 Å². The maximum Gasteiger partial charge on any atom is 0.417 e. The SMILES string of the molecule is CC(C)C(N)CCN(C)c1ccc(C#N)c(C(F)(F)F)c1. The monoisotopic (exact) mass is 299 g/mol. The van der Waals surface area contributed by atoms with Crippen molar-refractivity contribution in [2.45, 2.75) is 32.5 Å². The van der Waals surface area contributed by atoms with Gasteiger partial charge in [0, 0.05) is 25.3 Å². The summed E-state index contributed by atoms with van der Waals surface area (Å²) in [7, 11) is 1.72. The van der Waals surface area contributed by atoms with Gasteiger partial charge in [-0.15, -0.1) is 0 Å². The highest BCUT2D eigenvalue weighted by Gasteiger charge is 2.34. The van der Waals surface area contributed by atoms with Crippen LogP contribution in [0.1, 0.15) is 31.4 Å². The highest BCUT2D eigenvalue weighted by atomic mass is 19.4. The second-order valence-corrected chi connectivity index (χ2v) is 5.46. The van der Waals surface area contributed by atoms with E-state index in [1.165, 1.54) is 12.1 Å². The van der Waals surface area contributed by atoms with Crippen molar-refractivity contribution >= 4 is 5.69 Å². The minimum Gasteiger partial charge on any atom is -0.375 e. The number of nitriles is 1. The van der Waals surface area contributed by atoms with E-state index in [9.17, 15) is 13.2 Å². The first-order valence-electron chi connectivity index (χ1n) is 6.75. The van der Waals surface area contributed by atoms with Crippen LogP contribution < -0.4 is 10.6 Å². The summed E-state index contributed by atoms with van der Waals surface area (Å²) in [5, 5.41) is 8.77. The Morgan fingerprint density at radius 2 is 1.95 bits per heavy atom. The zero-order chi connectivity index (χ0) is 16.2. The van der Waals surface area contributed by atoms with Crippen molar-refractivity contribution in [2.24, 2.45) is 11.7 Å². The van der Waals surface area contributed by atoms with Crippen molar-refractivity contribution in [3.8, 4) is 6.07 Å². The molecular formula is C15H20F3N3. The second kappa shape index (κ2) is 6.81. The first-order chi connectivity index (χ1) is 9.66. The van der Waals surface area contributed by atoms with Crippen molar-refractivity contribution in [2.75, 3.05) is 18.5 Å². The average Bonchev–Trinajstić information content (AvgIpc) is 2.42. The molecule has 6 heteroatoms. The Balaban J connectivity index is 2.92. The van der Waals surface area contributed by atoms with Crippen LogP contribution in [0.25, 0.3) is 0 Å². The largest absolute Gasteiger partial charge is 0.417 e. The highest BCUT2D eigenvalue weighted by molar-refractivity contribution is 5.54. The molecule has 0 amide bonds. The molecule has 21 heavy (non-hydrogen) atoms. The number of benzene rings is 1. The summed E-state index contributed by atoms with van der Waals surface area (Å²) in [5.74, 6) is 0.324. The lowest BCUT2D eigenvalue weighted by Crippen LogP contribution is -2.31. The molecule has 0 aliphatic heterocycles. The molecule has 0 heterocycles. The Morgan fingerprint density at radius 1 is 1.33 bits per heavy atom. The molecule has 0 saturated heterocycles. The fourth-order valence-electron chi connectivity index (χ4n) is 1.91. The van der Waals surface area contributed by atoms with Crippen molar-refractivity contribution in [3.05, 3.63) is 29.3 Å². The summed E-state index contributed by atoms with van der Waals surface area (Å²) >= 11 is 0. The van der Waals surface area contributed by atoms with Crippen LogP contribution in [0.15, 0.2) is 18.2 Å². The van der Waals surface area contributed by atoms with E-state index in [0.717, 1.165) is 6.07 Å². The fraction of sp³-hybridized carbons (Fsp3) is 0.533. The van der Waals surface area contributed by atoms with Crippen LogP contribution in [0.5, 0.6) is 0 Å². The molecule has 1 aromatic rings. The number of halogens is 3. The van der Waals surface area contributed by atoms with Gasteiger partial charge in [-0.2, -0.15) is 18.4 Å². The number of anilines is 1. The van der Waals surface area contributed by atoms with Gasteiger partial charge in [0.25, 0.3) is 0 Å². The lowest BCUT2D eigenvalue weighted by atomic mass is 10.0. The van der Waals surface area contributed by atoms with Gasteiger partial charge in [0.2, 0.25) is 0 Å². The molecule has 0 saturated carbocycles. The lowest BCUT2D eigenvalue weighted by molar-refractivity contribution is -0.137. The van der Waals surface area contributed by atoms with Gasteiger partial charge in [0.05, 0.1) is 17.2 Å². The van der Waals surface area contributed by atoms with Crippen molar-refractivity contribution in [1.29, 1.82) is 5.26 Å². The predicted molar refractivity (Wildman–Crippen MR) is 76.9 cm³/mol. The quantitative estimate of drug-likeness (QED) is 0.906. The molecule has 0 aliphatic carbocycles. The summed E-state index contributed by atoms with van der Waals surface area (Å²) in [6.45, 7) is 4.57. The smallest absolute Gasteiger partial charge is 0.375 e. The van der Waals surface area contributed by atoms with Gasteiger partial charge in [-0.05, 0) is 30.5 Å². The molecular weight excluding hydrogens is 279 g/mol. The molecule has 1 unspecified atom stereocenters. The third-order valence-corrected chi connectivity index (χ3v) is 3.52. The Bertz CT molecular complexity index is 518. The van der Waals surface area contributed by atoms with E-state index in [0.29, 0.717) is 24.6 Å². The highest BCUT2D eigenvalue weighted by Crippen LogP contribution is 2.34. The van der Waals surface area contributed by atoms with Gasteiger partial charge < -0.3 is 10.6 Å². The van der Waals surface area contributed by atoms with Crippen LogP contribution in [0.4, 0.5) is 18.9 Å². The molecule has 1 rings (SSSR count). The first kappa shape index (κ1) is 17.3. The summed E-state index contributed by atoms with van der Waals surface area (Å²) in [6, 6.07) is 5.32. The van der Waals surface area contributed by atoms with E-state index in [1.54, 1.807) is 18.0 Å². The van der Waals surface area contributed by atoms with Crippen molar-refractivity contribution in [1.82, 2.24) is 0 Å². The van der Waals surface area contributed by atoms with E-state index >= 15 is 0 Å². The molecule has 0 spiro atoms. The Labute approximate surface area is 123 Å². The standard InChI is InChI=1S/C15H20F3N3/c1-10(2)14(20)6-7-21(3)12-5-4-11(9-19)13(8-12)15(16,17)18/h4-5,8,10,14H,6-7,20H2,1-3H3. The van der Waals surface area contributed by atoms with Crippen LogP contribution in [-0.4, -0.2) is 19.6 Å². The zero-order valence-corrected chi connectivity index (χ0v) is 12.4. The average molecular weight is 299 g/mol. The van der Waals surface area contributed by atoms with Crippen LogP contribution in [0.2, 0.25) is 0 Å². The van der Waals surface area contributed by atoms with Crippen LogP contribution in [-0.2, 0) is 6.18 Å². The van der Waals surface area contributed by atoms with Crippen LogP contribution in [0.3, 0.4) is 0 Å². The van der Waals surface area contributed by atoms with Gasteiger partial charge in [-0.1, -0.05) is 13.8 Å². The molecule has 0 radical (unpaired) electrons. The summed E-state index contributed by atoms with van der Waals surface area (Å²) in [5.41, 5.74) is 5.10. The number of nitrogens with zero attached hydrogens (tertiary/aromatic N) is 2. The zero-order valence-electron chi connectivity index (χ0n) is 12.4. The van der Waals surface area contributed by atoms with Gasteiger partial charge in [-0.25, -0.2) is 0 Å². The van der Waals surface area contributed by atoms with E-state index in [1.807, 2.05) is 13.8 Å². The number of hydrogen-bond donors (Lipinski definition) is 1. The topological polar surface area (TPSA) is 53.0 Å². The molecule has 0 aromatic heterocycles. The molecule has 0 bridgehead atoms. The molecule has 0 aliphatic rings. The first-order valence-corrected chi connectivity index (χ1v) is 6.75. The van der Waals surface area contributed by atoms with Crippen LogP contribution in [0, 0.1) is 17.2 Å². The van der Waals surface area contributed by atoms with E-state index in [-0.39, 0.29) is 11.6 Å². The predicted octanol–water partition coefficient (Wildman–Crippen LogP) is 3.39. The van der Waals surface area contributed by atoms with Gasteiger partial charge in [0.1, 0.15) is 0 Å². The molecule has 116 valence electrons. The van der Waals surface area contributed by atoms with Gasteiger partial charge >= 0.3 is 6.18 Å². The van der Waals surface area contributed by atoms with E-state index in [2.05, 4.69) is 0 Å². The maximum atomic E-state index is 12.9. The lowest BCUT2D eigenvalue weighted by Gasteiger charge is -2.24. The Kier molecular flexibility index (Phi) is 5.62. The Morgan fingerprint density at radius 3 is 2.43 bits per heavy atom. The van der Waals surface area contributed by atoms with Gasteiger partial charge in [-0.3, -0.25) is 0 Å². The second-order valence-electron chi connectivity index (χ2n) is 5.46. The summed E-state index contributed by atoms with van der Waals surface area (Å²) in [6.07, 6.45) is -3.84. The molecule has 1 atom stereocenters. The minimum atomic E-state index is -4.53. The molecule has 3 nitrogen and oxygen atoms in total. The van der Waals surface area contributed by atoms with E-state index < -0.39 is 11.7 Å². The van der Waals surface area contributed by atoms with Gasteiger partial charge in [0.15, 0.2) is 0 Å². The molecule has 1 aromatic carbocycles. The third-order valence-electron chi connectivity index (χ3n) is 3.52. The number of rotatable bonds is 5. The Hall–Kier alpha value is -1.74. The molecule has 0 fully saturated rings. The normalized spacial score (nSPS) is 13.1. The minimum absolute atomic E-state index is 0.00733. The number of alkyl halides is 3. The maximum absolute atomic E-state index is 12.9. The summed E-state index contributed by atoms with van der Waals surface area (Å²) < 4.78 is 38.7. The fourth-order valence-corrected chi connectivity index (χ4v) is 1.91. The third kappa shape index (κ3) is 4.64. The van der Waals surface area contributed by atoms with Crippen molar-refractivity contribution < 1.29 is 13.2 Å². The molecule has 2 N–H and O–H groups in total.